The Morgan fingerprint density at radius 2 is 2.25 bits per heavy atom. The van der Waals surface area contributed by atoms with Crippen LogP contribution in [0.2, 0.25) is 0 Å². The monoisotopic (exact) mass is 275 g/mol. The molecule has 2 aliphatic rings. The molecule has 0 spiro atoms. The first-order valence-electron chi connectivity index (χ1n) is 7.14. The van der Waals surface area contributed by atoms with Gasteiger partial charge in [0.05, 0.1) is 7.11 Å². The average Bonchev–Trinajstić information content (AvgIpc) is 2.87. The number of ether oxygens (including phenoxy) is 1. The molecular formula is C15H21N3O2. The van der Waals surface area contributed by atoms with Crippen LogP contribution in [0.15, 0.2) is 18.2 Å². The highest BCUT2D eigenvalue weighted by Crippen LogP contribution is 2.30. The van der Waals surface area contributed by atoms with Crippen LogP contribution in [0.5, 0.6) is 5.75 Å². The molecule has 20 heavy (non-hydrogen) atoms. The Kier molecular flexibility index (Phi) is 3.53. The van der Waals surface area contributed by atoms with Gasteiger partial charge in [-0.3, -0.25) is 4.79 Å². The van der Waals surface area contributed by atoms with E-state index < -0.39 is 0 Å². The molecule has 108 valence electrons. The molecule has 0 bridgehead atoms. The van der Waals surface area contributed by atoms with E-state index in [1.54, 1.807) is 7.11 Å². The minimum atomic E-state index is 0.305. The van der Waals surface area contributed by atoms with Crippen LogP contribution in [0, 0.1) is 0 Å². The maximum atomic E-state index is 11.7. The van der Waals surface area contributed by atoms with E-state index in [1.807, 2.05) is 17.0 Å². The Balaban J connectivity index is 1.84. The molecule has 2 aliphatic heterocycles. The minimum Gasteiger partial charge on any atom is -0.497 e. The Morgan fingerprint density at radius 1 is 1.40 bits per heavy atom. The largest absolute Gasteiger partial charge is 0.497 e. The molecule has 0 saturated carbocycles. The molecule has 3 rings (SSSR count). The quantitative estimate of drug-likeness (QED) is 0.893. The van der Waals surface area contributed by atoms with Crippen LogP contribution in [0.3, 0.4) is 0 Å². The molecule has 5 nitrogen and oxygen atoms in total. The van der Waals surface area contributed by atoms with Crippen molar-refractivity contribution in [2.24, 2.45) is 5.73 Å². The number of nitrogens with zero attached hydrogens (tertiary/aromatic N) is 2. The predicted octanol–water partition coefficient (Wildman–Crippen LogP) is 0.965. The summed E-state index contributed by atoms with van der Waals surface area (Å²) in [6, 6.07) is 6.38. The Hall–Kier alpha value is -1.75. The number of methoxy groups -OCH3 is 1. The van der Waals surface area contributed by atoms with E-state index in [-0.39, 0.29) is 0 Å². The Morgan fingerprint density at radius 3 is 3.00 bits per heavy atom. The lowest BCUT2D eigenvalue weighted by atomic mass is 10.1. The zero-order valence-electron chi connectivity index (χ0n) is 11.8. The van der Waals surface area contributed by atoms with Gasteiger partial charge in [-0.1, -0.05) is 6.07 Å². The van der Waals surface area contributed by atoms with Crippen LogP contribution in [0.1, 0.15) is 18.4 Å². The number of hydrogen-bond acceptors (Lipinski definition) is 4. The fraction of sp³-hybridized carbons (Fsp3) is 0.533. The second kappa shape index (κ2) is 5.32. The minimum absolute atomic E-state index is 0.305. The van der Waals surface area contributed by atoms with Gasteiger partial charge in [-0.25, -0.2) is 0 Å². The number of amides is 1. The van der Waals surface area contributed by atoms with Gasteiger partial charge >= 0.3 is 0 Å². The number of carbonyl (C=O) groups excluding carboxylic acids is 1. The lowest BCUT2D eigenvalue weighted by Crippen LogP contribution is -2.51. The van der Waals surface area contributed by atoms with E-state index in [0.717, 1.165) is 43.1 Å². The van der Waals surface area contributed by atoms with Crippen molar-refractivity contribution < 1.29 is 9.53 Å². The summed E-state index contributed by atoms with van der Waals surface area (Å²) in [5.74, 6) is 1.15. The first-order valence-corrected chi connectivity index (χ1v) is 7.14. The highest BCUT2D eigenvalue weighted by Gasteiger charge is 2.35. The molecule has 0 aliphatic carbocycles. The van der Waals surface area contributed by atoms with Crippen molar-refractivity contribution in [2.45, 2.75) is 25.4 Å². The fourth-order valence-electron chi connectivity index (χ4n) is 3.22. The van der Waals surface area contributed by atoms with Crippen LogP contribution in [-0.2, 0) is 11.3 Å². The van der Waals surface area contributed by atoms with Crippen LogP contribution < -0.4 is 15.4 Å². The number of piperazine rings is 1. The average molecular weight is 275 g/mol. The van der Waals surface area contributed by atoms with Crippen molar-refractivity contribution in [3.05, 3.63) is 23.8 Å². The molecule has 1 aromatic rings. The molecule has 1 amide bonds. The highest BCUT2D eigenvalue weighted by atomic mass is 16.5. The van der Waals surface area contributed by atoms with Gasteiger partial charge in [0.15, 0.2) is 0 Å². The third-order valence-corrected chi connectivity index (χ3v) is 4.35. The van der Waals surface area contributed by atoms with Gasteiger partial charge in [0.1, 0.15) is 5.75 Å². The summed E-state index contributed by atoms with van der Waals surface area (Å²) >= 11 is 0. The summed E-state index contributed by atoms with van der Waals surface area (Å²) in [7, 11) is 1.68. The van der Waals surface area contributed by atoms with Gasteiger partial charge in [0, 0.05) is 50.4 Å². The van der Waals surface area contributed by atoms with E-state index in [4.69, 9.17) is 10.5 Å². The summed E-state index contributed by atoms with van der Waals surface area (Å²) in [6.07, 6.45) is 1.66. The predicted molar refractivity (Wildman–Crippen MR) is 77.8 cm³/mol. The number of fused-ring (bicyclic) bond motifs is 1. The maximum absolute atomic E-state index is 11.7. The highest BCUT2D eigenvalue weighted by molar-refractivity contribution is 5.79. The zero-order chi connectivity index (χ0) is 14.1. The smallest absolute Gasteiger partial charge is 0.223 e. The van der Waals surface area contributed by atoms with Crippen molar-refractivity contribution in [1.29, 1.82) is 0 Å². The summed E-state index contributed by atoms with van der Waals surface area (Å²) in [5, 5.41) is 0. The number of hydrogen-bond donors (Lipinski definition) is 1. The second-order valence-electron chi connectivity index (χ2n) is 5.42. The molecule has 5 heteroatoms. The summed E-state index contributed by atoms with van der Waals surface area (Å²) in [6.45, 7) is 3.09. The molecule has 2 fully saturated rings. The van der Waals surface area contributed by atoms with E-state index in [9.17, 15) is 4.79 Å². The zero-order valence-corrected chi connectivity index (χ0v) is 11.8. The molecule has 0 radical (unpaired) electrons. The van der Waals surface area contributed by atoms with Crippen LogP contribution in [0.25, 0.3) is 0 Å². The molecule has 1 aromatic carbocycles. The van der Waals surface area contributed by atoms with Crippen molar-refractivity contribution in [2.75, 3.05) is 31.6 Å². The van der Waals surface area contributed by atoms with E-state index in [1.165, 1.54) is 0 Å². The molecule has 1 atom stereocenters. The van der Waals surface area contributed by atoms with E-state index in [2.05, 4.69) is 11.0 Å². The molecule has 1 unspecified atom stereocenters. The topological polar surface area (TPSA) is 58.8 Å². The Labute approximate surface area is 119 Å². The van der Waals surface area contributed by atoms with Crippen LogP contribution in [0.4, 0.5) is 5.69 Å². The molecule has 2 N–H and O–H groups in total. The molecule has 2 heterocycles. The van der Waals surface area contributed by atoms with Crippen molar-refractivity contribution >= 4 is 11.6 Å². The second-order valence-corrected chi connectivity index (χ2v) is 5.42. The normalized spacial score (nSPS) is 22.1. The lowest BCUT2D eigenvalue weighted by molar-refractivity contribution is -0.129. The number of anilines is 1. The standard InChI is InChI=1S/C15H21N3O2/c1-20-13-4-2-11(9-16)14(8-13)17-6-7-18-12(10-17)3-5-15(18)19/h2,4,8,12H,3,5-7,9-10,16H2,1H3. The first kappa shape index (κ1) is 13.2. The number of rotatable bonds is 3. The van der Waals surface area contributed by atoms with Crippen LogP contribution in [-0.4, -0.2) is 43.6 Å². The number of carbonyl (C=O) groups is 1. The lowest BCUT2D eigenvalue weighted by Gasteiger charge is -2.39. The van der Waals surface area contributed by atoms with Gasteiger partial charge in [-0.05, 0) is 18.1 Å². The van der Waals surface area contributed by atoms with E-state index in [0.29, 0.717) is 24.9 Å². The summed E-state index contributed by atoms with van der Waals surface area (Å²) in [5.41, 5.74) is 8.12. The van der Waals surface area contributed by atoms with Crippen molar-refractivity contribution in [3.63, 3.8) is 0 Å². The van der Waals surface area contributed by atoms with Gasteiger partial charge in [-0.2, -0.15) is 0 Å². The summed E-state index contributed by atoms with van der Waals surface area (Å²) in [4.78, 5) is 16.1. The number of benzene rings is 1. The summed E-state index contributed by atoms with van der Waals surface area (Å²) < 4.78 is 5.32. The third-order valence-electron chi connectivity index (χ3n) is 4.35. The molecule has 2 saturated heterocycles. The molecule has 0 aromatic heterocycles. The van der Waals surface area contributed by atoms with Gasteiger partial charge in [0.2, 0.25) is 5.91 Å². The van der Waals surface area contributed by atoms with Gasteiger partial charge < -0.3 is 20.3 Å². The van der Waals surface area contributed by atoms with Gasteiger partial charge in [-0.15, -0.1) is 0 Å². The first-order chi connectivity index (χ1) is 9.72. The van der Waals surface area contributed by atoms with Crippen molar-refractivity contribution in [3.8, 4) is 5.75 Å². The Bertz CT molecular complexity index is 518. The van der Waals surface area contributed by atoms with Crippen LogP contribution >= 0.6 is 0 Å². The van der Waals surface area contributed by atoms with Gasteiger partial charge in [0.25, 0.3) is 0 Å². The SMILES string of the molecule is COc1ccc(CN)c(N2CCN3C(=O)CCC3C2)c1. The molecular weight excluding hydrogens is 254 g/mol. The number of nitrogens with two attached hydrogens (primary N) is 1. The van der Waals surface area contributed by atoms with E-state index >= 15 is 0 Å². The fourth-order valence-corrected chi connectivity index (χ4v) is 3.22. The third kappa shape index (κ3) is 2.22. The maximum Gasteiger partial charge on any atom is 0.223 e. The van der Waals surface area contributed by atoms with Crippen molar-refractivity contribution in [1.82, 2.24) is 4.90 Å².